The number of piperidine rings is 1. The molecule has 0 radical (unpaired) electrons. The Morgan fingerprint density at radius 1 is 1.23 bits per heavy atom. The molecule has 1 aliphatic heterocycles. The van der Waals surface area contributed by atoms with Gasteiger partial charge < -0.3 is 10.2 Å². The van der Waals surface area contributed by atoms with Gasteiger partial charge in [-0.2, -0.15) is 0 Å². The van der Waals surface area contributed by atoms with Crippen molar-refractivity contribution in [1.82, 2.24) is 19.8 Å². The SMILES string of the molecule is CCN(CC)C(=O)CN1CCC(Nc2nc3c(c(=O)[nH]2)CCCC3)CC1. The second kappa shape index (κ2) is 8.66. The lowest BCUT2D eigenvalue weighted by Crippen LogP contribution is -2.45. The van der Waals surface area contributed by atoms with E-state index in [1.54, 1.807) is 0 Å². The topological polar surface area (TPSA) is 81.3 Å². The largest absolute Gasteiger partial charge is 0.353 e. The van der Waals surface area contributed by atoms with Crippen LogP contribution in [-0.2, 0) is 17.6 Å². The highest BCUT2D eigenvalue weighted by atomic mass is 16.2. The summed E-state index contributed by atoms with van der Waals surface area (Å²) in [5, 5.41) is 3.40. The van der Waals surface area contributed by atoms with Crippen LogP contribution in [-0.4, -0.2) is 64.4 Å². The molecule has 2 N–H and O–H groups in total. The number of carbonyl (C=O) groups excluding carboxylic acids is 1. The minimum Gasteiger partial charge on any atom is -0.353 e. The molecule has 1 aromatic heterocycles. The van der Waals surface area contributed by atoms with E-state index in [-0.39, 0.29) is 11.5 Å². The number of likely N-dealkylation sites (N-methyl/N-ethyl adjacent to an activating group) is 1. The Morgan fingerprint density at radius 3 is 2.62 bits per heavy atom. The van der Waals surface area contributed by atoms with E-state index in [1.807, 2.05) is 18.7 Å². The number of rotatable bonds is 6. The van der Waals surface area contributed by atoms with Gasteiger partial charge in [0, 0.05) is 37.8 Å². The summed E-state index contributed by atoms with van der Waals surface area (Å²) in [5.74, 6) is 0.815. The van der Waals surface area contributed by atoms with Crippen molar-refractivity contribution in [3.63, 3.8) is 0 Å². The number of anilines is 1. The third-order valence-electron chi connectivity index (χ3n) is 5.59. The number of fused-ring (bicyclic) bond motifs is 1. The molecule has 0 aromatic carbocycles. The lowest BCUT2D eigenvalue weighted by Gasteiger charge is -2.33. The van der Waals surface area contributed by atoms with Crippen LogP contribution in [0.2, 0.25) is 0 Å². The van der Waals surface area contributed by atoms with Crippen LogP contribution in [0.5, 0.6) is 0 Å². The van der Waals surface area contributed by atoms with Gasteiger partial charge in [-0.1, -0.05) is 0 Å². The number of aryl methyl sites for hydroxylation is 1. The Bertz CT molecular complexity index is 675. The summed E-state index contributed by atoms with van der Waals surface area (Å²) < 4.78 is 0. The molecule has 1 aromatic rings. The molecule has 1 saturated heterocycles. The molecule has 1 aliphatic carbocycles. The quantitative estimate of drug-likeness (QED) is 0.800. The minimum atomic E-state index is 0.0134. The predicted octanol–water partition coefficient (Wildman–Crippen LogP) is 1.39. The molecule has 0 atom stereocenters. The molecule has 7 nitrogen and oxygen atoms in total. The summed E-state index contributed by atoms with van der Waals surface area (Å²) in [6.45, 7) is 7.85. The highest BCUT2D eigenvalue weighted by Crippen LogP contribution is 2.18. The monoisotopic (exact) mass is 361 g/mol. The van der Waals surface area contributed by atoms with Crippen LogP contribution in [0, 0.1) is 0 Å². The van der Waals surface area contributed by atoms with E-state index in [2.05, 4.69) is 20.2 Å². The summed E-state index contributed by atoms with van der Waals surface area (Å²) in [4.78, 5) is 36.1. The normalized spacial score (nSPS) is 18.4. The Labute approximate surface area is 155 Å². The first-order chi connectivity index (χ1) is 12.6. The number of aromatic nitrogens is 2. The molecule has 1 amide bonds. The van der Waals surface area contributed by atoms with E-state index in [0.29, 0.717) is 18.5 Å². The lowest BCUT2D eigenvalue weighted by molar-refractivity contribution is -0.132. The van der Waals surface area contributed by atoms with Crippen LogP contribution in [0.4, 0.5) is 5.95 Å². The molecule has 3 rings (SSSR count). The average Bonchev–Trinajstić information content (AvgIpc) is 2.64. The molecule has 7 heteroatoms. The van der Waals surface area contributed by atoms with Gasteiger partial charge in [0.05, 0.1) is 12.2 Å². The van der Waals surface area contributed by atoms with Gasteiger partial charge in [-0.15, -0.1) is 0 Å². The third-order valence-corrected chi connectivity index (χ3v) is 5.59. The van der Waals surface area contributed by atoms with Gasteiger partial charge in [-0.25, -0.2) is 4.98 Å². The fourth-order valence-corrected chi connectivity index (χ4v) is 3.97. The van der Waals surface area contributed by atoms with Gasteiger partial charge in [0.25, 0.3) is 5.56 Å². The zero-order valence-corrected chi connectivity index (χ0v) is 16.0. The maximum absolute atomic E-state index is 12.2. The number of H-pyrrole nitrogens is 1. The van der Waals surface area contributed by atoms with Gasteiger partial charge in [-0.3, -0.25) is 19.5 Å². The molecule has 0 spiro atoms. The van der Waals surface area contributed by atoms with E-state index in [1.165, 1.54) is 0 Å². The number of aromatic amines is 1. The number of likely N-dealkylation sites (tertiary alicyclic amines) is 1. The van der Waals surface area contributed by atoms with Gasteiger partial charge in [0.1, 0.15) is 0 Å². The molecular weight excluding hydrogens is 330 g/mol. The van der Waals surface area contributed by atoms with Gasteiger partial charge in [-0.05, 0) is 52.4 Å². The predicted molar refractivity (Wildman–Crippen MR) is 103 cm³/mol. The second-order valence-corrected chi connectivity index (χ2v) is 7.31. The lowest BCUT2D eigenvalue weighted by atomic mass is 9.97. The van der Waals surface area contributed by atoms with Gasteiger partial charge in [0.15, 0.2) is 0 Å². The van der Waals surface area contributed by atoms with Crippen molar-refractivity contribution >= 4 is 11.9 Å². The summed E-state index contributed by atoms with van der Waals surface area (Å²) in [6.07, 6.45) is 5.84. The molecule has 0 bridgehead atoms. The third kappa shape index (κ3) is 4.44. The smallest absolute Gasteiger partial charge is 0.255 e. The molecule has 0 unspecified atom stereocenters. The minimum absolute atomic E-state index is 0.0134. The molecule has 0 saturated carbocycles. The second-order valence-electron chi connectivity index (χ2n) is 7.31. The van der Waals surface area contributed by atoms with Crippen LogP contribution in [0.1, 0.15) is 50.8 Å². The summed E-state index contributed by atoms with van der Waals surface area (Å²) in [5.41, 5.74) is 1.84. The van der Waals surface area contributed by atoms with E-state index < -0.39 is 0 Å². The summed E-state index contributed by atoms with van der Waals surface area (Å²) in [6, 6.07) is 0.291. The fourth-order valence-electron chi connectivity index (χ4n) is 3.97. The van der Waals surface area contributed by atoms with Crippen molar-refractivity contribution in [3.8, 4) is 0 Å². The van der Waals surface area contributed by atoms with Crippen LogP contribution < -0.4 is 10.9 Å². The molecule has 2 aliphatic rings. The van der Waals surface area contributed by atoms with Gasteiger partial charge in [0.2, 0.25) is 11.9 Å². The molecule has 2 heterocycles. The summed E-state index contributed by atoms with van der Waals surface area (Å²) >= 11 is 0. The standard InChI is InChI=1S/C19H31N5O2/c1-3-24(4-2)17(25)13-23-11-9-14(10-12-23)20-19-21-16-8-6-5-7-15(16)18(26)22-19/h14H,3-13H2,1-2H3,(H2,20,21,22,26). The Kier molecular flexibility index (Phi) is 6.29. The maximum atomic E-state index is 12.2. The molecule has 1 fully saturated rings. The number of nitrogens with zero attached hydrogens (tertiary/aromatic N) is 3. The van der Waals surface area contributed by atoms with Crippen LogP contribution in [0.15, 0.2) is 4.79 Å². The van der Waals surface area contributed by atoms with Crippen molar-refractivity contribution in [2.75, 3.05) is 38.0 Å². The Morgan fingerprint density at radius 2 is 1.92 bits per heavy atom. The molecule has 26 heavy (non-hydrogen) atoms. The molecule has 144 valence electrons. The van der Waals surface area contributed by atoms with Crippen LogP contribution >= 0.6 is 0 Å². The first-order valence-corrected chi connectivity index (χ1v) is 9.99. The zero-order valence-electron chi connectivity index (χ0n) is 16.0. The maximum Gasteiger partial charge on any atom is 0.255 e. The first-order valence-electron chi connectivity index (χ1n) is 9.99. The van der Waals surface area contributed by atoms with Crippen molar-refractivity contribution in [3.05, 3.63) is 21.6 Å². The van der Waals surface area contributed by atoms with E-state index in [9.17, 15) is 9.59 Å². The summed E-state index contributed by atoms with van der Waals surface area (Å²) in [7, 11) is 0. The Balaban J connectivity index is 1.52. The number of nitrogens with one attached hydrogen (secondary N) is 2. The number of carbonyl (C=O) groups is 1. The van der Waals surface area contributed by atoms with Crippen molar-refractivity contribution < 1.29 is 4.79 Å². The number of hydrogen-bond acceptors (Lipinski definition) is 5. The van der Waals surface area contributed by atoms with Crippen molar-refractivity contribution in [2.45, 2.75) is 58.4 Å². The van der Waals surface area contributed by atoms with E-state index in [4.69, 9.17) is 0 Å². The first kappa shape index (κ1) is 18.9. The van der Waals surface area contributed by atoms with E-state index in [0.717, 1.165) is 76.0 Å². The van der Waals surface area contributed by atoms with Gasteiger partial charge >= 0.3 is 0 Å². The number of hydrogen-bond donors (Lipinski definition) is 2. The van der Waals surface area contributed by atoms with Crippen molar-refractivity contribution in [2.24, 2.45) is 0 Å². The fraction of sp³-hybridized carbons (Fsp3) is 0.737. The van der Waals surface area contributed by atoms with Crippen LogP contribution in [0.25, 0.3) is 0 Å². The van der Waals surface area contributed by atoms with E-state index >= 15 is 0 Å². The average molecular weight is 361 g/mol. The highest BCUT2D eigenvalue weighted by Gasteiger charge is 2.23. The number of amides is 1. The van der Waals surface area contributed by atoms with Crippen LogP contribution in [0.3, 0.4) is 0 Å². The van der Waals surface area contributed by atoms with Crippen molar-refractivity contribution in [1.29, 1.82) is 0 Å². The zero-order chi connectivity index (χ0) is 18.5. The highest BCUT2D eigenvalue weighted by molar-refractivity contribution is 5.78. The Hall–Kier alpha value is -1.89. The molecular formula is C19H31N5O2.